The van der Waals surface area contributed by atoms with Crippen LogP contribution >= 0.6 is 15.9 Å². The SMILES string of the molecule is CCCNCc1cc(-c2ccc(F)c(Br)c2)n[nH]1. The predicted octanol–water partition coefficient (Wildman–Crippen LogP) is 3.48. The Morgan fingerprint density at radius 1 is 1.39 bits per heavy atom. The molecule has 0 fully saturated rings. The number of nitrogens with one attached hydrogen (secondary N) is 2. The van der Waals surface area contributed by atoms with Crippen molar-refractivity contribution in [2.75, 3.05) is 6.54 Å². The fourth-order valence-electron chi connectivity index (χ4n) is 1.66. The van der Waals surface area contributed by atoms with Gasteiger partial charge in [-0.15, -0.1) is 0 Å². The third-order valence-electron chi connectivity index (χ3n) is 2.59. The van der Waals surface area contributed by atoms with Crippen LogP contribution in [0.4, 0.5) is 4.39 Å². The monoisotopic (exact) mass is 311 g/mol. The summed E-state index contributed by atoms with van der Waals surface area (Å²) in [5.74, 6) is -0.265. The minimum absolute atomic E-state index is 0.265. The van der Waals surface area contributed by atoms with Crippen molar-refractivity contribution >= 4 is 15.9 Å². The normalized spacial score (nSPS) is 10.8. The maximum Gasteiger partial charge on any atom is 0.137 e. The smallest absolute Gasteiger partial charge is 0.137 e. The Morgan fingerprint density at radius 3 is 2.94 bits per heavy atom. The van der Waals surface area contributed by atoms with Crippen LogP contribution in [-0.4, -0.2) is 16.7 Å². The number of rotatable bonds is 5. The number of aromatic amines is 1. The number of H-pyrrole nitrogens is 1. The van der Waals surface area contributed by atoms with Crippen LogP contribution in [0.2, 0.25) is 0 Å². The molecule has 5 heteroatoms. The van der Waals surface area contributed by atoms with E-state index in [1.54, 1.807) is 12.1 Å². The Labute approximate surface area is 114 Å². The molecule has 18 heavy (non-hydrogen) atoms. The Morgan fingerprint density at radius 2 is 2.22 bits per heavy atom. The molecule has 0 aliphatic carbocycles. The minimum Gasteiger partial charge on any atom is -0.311 e. The van der Waals surface area contributed by atoms with Crippen molar-refractivity contribution < 1.29 is 4.39 Å². The minimum atomic E-state index is -0.265. The van der Waals surface area contributed by atoms with Crippen LogP contribution in [0.5, 0.6) is 0 Å². The summed E-state index contributed by atoms with van der Waals surface area (Å²) in [6, 6.07) is 6.86. The van der Waals surface area contributed by atoms with Gasteiger partial charge in [-0.1, -0.05) is 6.92 Å². The molecular weight excluding hydrogens is 297 g/mol. The lowest BCUT2D eigenvalue weighted by Gasteiger charge is -1.99. The van der Waals surface area contributed by atoms with Crippen molar-refractivity contribution in [3.05, 3.63) is 40.2 Å². The largest absolute Gasteiger partial charge is 0.311 e. The predicted molar refractivity (Wildman–Crippen MR) is 73.7 cm³/mol. The van der Waals surface area contributed by atoms with Gasteiger partial charge in [0.25, 0.3) is 0 Å². The van der Waals surface area contributed by atoms with Crippen LogP contribution in [0.3, 0.4) is 0 Å². The summed E-state index contributed by atoms with van der Waals surface area (Å²) in [4.78, 5) is 0. The highest BCUT2D eigenvalue weighted by Gasteiger charge is 2.06. The van der Waals surface area contributed by atoms with Gasteiger partial charge >= 0.3 is 0 Å². The van der Waals surface area contributed by atoms with Crippen LogP contribution in [0, 0.1) is 5.82 Å². The average molecular weight is 312 g/mol. The summed E-state index contributed by atoms with van der Waals surface area (Å²) in [5, 5.41) is 10.5. The lowest BCUT2D eigenvalue weighted by Crippen LogP contribution is -2.13. The van der Waals surface area contributed by atoms with E-state index < -0.39 is 0 Å². The molecule has 1 aromatic heterocycles. The maximum absolute atomic E-state index is 13.1. The molecule has 3 nitrogen and oxygen atoms in total. The van der Waals surface area contributed by atoms with Crippen LogP contribution in [0.1, 0.15) is 19.0 Å². The third kappa shape index (κ3) is 3.17. The lowest BCUT2D eigenvalue weighted by atomic mass is 10.1. The van der Waals surface area contributed by atoms with Crippen molar-refractivity contribution in [3.8, 4) is 11.3 Å². The average Bonchev–Trinajstić information content (AvgIpc) is 2.82. The summed E-state index contributed by atoms with van der Waals surface area (Å²) in [7, 11) is 0. The second-order valence-corrected chi connectivity index (χ2v) is 4.94. The Hall–Kier alpha value is -1.20. The molecular formula is C13H15BrFN3. The van der Waals surface area contributed by atoms with Crippen molar-refractivity contribution in [2.24, 2.45) is 0 Å². The molecule has 0 unspecified atom stereocenters. The highest BCUT2D eigenvalue weighted by Crippen LogP contribution is 2.24. The van der Waals surface area contributed by atoms with E-state index in [4.69, 9.17) is 0 Å². The molecule has 96 valence electrons. The van der Waals surface area contributed by atoms with Crippen molar-refractivity contribution in [1.82, 2.24) is 15.5 Å². The molecule has 0 spiro atoms. The van der Waals surface area contributed by atoms with Crippen molar-refractivity contribution in [3.63, 3.8) is 0 Å². The second-order valence-electron chi connectivity index (χ2n) is 4.08. The number of hydrogen-bond acceptors (Lipinski definition) is 2. The molecule has 0 aliphatic heterocycles. The van der Waals surface area contributed by atoms with Gasteiger partial charge in [-0.2, -0.15) is 5.10 Å². The maximum atomic E-state index is 13.1. The Kier molecular flexibility index (Phi) is 4.49. The number of nitrogens with zero attached hydrogens (tertiary/aromatic N) is 1. The second kappa shape index (κ2) is 6.11. The van der Waals surface area contributed by atoms with E-state index in [0.29, 0.717) is 4.47 Å². The third-order valence-corrected chi connectivity index (χ3v) is 3.20. The quantitative estimate of drug-likeness (QED) is 0.830. The van der Waals surface area contributed by atoms with E-state index in [2.05, 4.69) is 38.4 Å². The summed E-state index contributed by atoms with van der Waals surface area (Å²) in [5.41, 5.74) is 2.74. The highest BCUT2D eigenvalue weighted by atomic mass is 79.9. The van der Waals surface area contributed by atoms with E-state index >= 15 is 0 Å². The molecule has 0 atom stereocenters. The van der Waals surface area contributed by atoms with E-state index in [1.807, 2.05) is 6.07 Å². The molecule has 0 aliphatic rings. The number of benzene rings is 1. The van der Waals surface area contributed by atoms with Gasteiger partial charge in [-0.05, 0) is 53.2 Å². The summed E-state index contributed by atoms with van der Waals surface area (Å²) < 4.78 is 13.6. The molecule has 2 rings (SSSR count). The number of aromatic nitrogens is 2. The van der Waals surface area contributed by atoms with Crippen molar-refractivity contribution in [2.45, 2.75) is 19.9 Å². The first kappa shape index (κ1) is 13.2. The molecule has 1 heterocycles. The first-order valence-electron chi connectivity index (χ1n) is 5.91. The molecule has 0 saturated heterocycles. The van der Waals surface area contributed by atoms with Gasteiger partial charge in [-0.25, -0.2) is 4.39 Å². The molecule has 0 amide bonds. The van der Waals surface area contributed by atoms with E-state index in [1.165, 1.54) is 6.07 Å². The molecule has 0 bridgehead atoms. The van der Waals surface area contributed by atoms with Gasteiger partial charge in [0.1, 0.15) is 5.82 Å². The summed E-state index contributed by atoms with van der Waals surface area (Å²) in [6.45, 7) is 3.88. The van der Waals surface area contributed by atoms with Crippen LogP contribution < -0.4 is 5.32 Å². The van der Waals surface area contributed by atoms with E-state index in [9.17, 15) is 4.39 Å². The van der Waals surface area contributed by atoms with Gasteiger partial charge in [0, 0.05) is 17.8 Å². The molecule has 2 N–H and O–H groups in total. The summed E-state index contributed by atoms with van der Waals surface area (Å²) >= 11 is 3.18. The lowest BCUT2D eigenvalue weighted by molar-refractivity contribution is 0.621. The van der Waals surface area contributed by atoms with E-state index in [-0.39, 0.29) is 5.82 Å². The fraction of sp³-hybridized carbons (Fsp3) is 0.308. The highest BCUT2D eigenvalue weighted by molar-refractivity contribution is 9.10. The zero-order chi connectivity index (χ0) is 13.0. The molecule has 0 radical (unpaired) electrons. The van der Waals surface area contributed by atoms with Crippen molar-refractivity contribution in [1.29, 1.82) is 0 Å². The molecule has 2 aromatic rings. The standard InChI is InChI=1S/C13H15BrFN3/c1-2-5-16-8-10-7-13(18-17-10)9-3-4-12(15)11(14)6-9/h3-4,6-7,16H,2,5,8H2,1H3,(H,17,18). The molecule has 0 saturated carbocycles. The zero-order valence-electron chi connectivity index (χ0n) is 10.1. The molecule has 1 aromatic carbocycles. The van der Waals surface area contributed by atoms with Gasteiger partial charge in [-0.3, -0.25) is 5.10 Å². The van der Waals surface area contributed by atoms with Crippen LogP contribution in [0.25, 0.3) is 11.3 Å². The number of hydrogen-bond donors (Lipinski definition) is 2. The fourth-order valence-corrected chi connectivity index (χ4v) is 2.03. The zero-order valence-corrected chi connectivity index (χ0v) is 11.7. The Bertz CT molecular complexity index is 525. The first-order valence-corrected chi connectivity index (χ1v) is 6.70. The van der Waals surface area contributed by atoms with Gasteiger partial charge in [0.15, 0.2) is 0 Å². The Balaban J connectivity index is 2.11. The van der Waals surface area contributed by atoms with Crippen LogP contribution in [-0.2, 0) is 6.54 Å². The first-order chi connectivity index (χ1) is 8.70. The van der Waals surface area contributed by atoms with Gasteiger partial charge < -0.3 is 5.32 Å². The van der Waals surface area contributed by atoms with Gasteiger partial charge in [0.05, 0.1) is 10.2 Å². The topological polar surface area (TPSA) is 40.7 Å². The van der Waals surface area contributed by atoms with Gasteiger partial charge in [0.2, 0.25) is 0 Å². The summed E-state index contributed by atoms with van der Waals surface area (Å²) in [6.07, 6.45) is 1.10. The number of halogens is 2. The van der Waals surface area contributed by atoms with Crippen LogP contribution in [0.15, 0.2) is 28.7 Å². The van der Waals surface area contributed by atoms with E-state index in [0.717, 1.165) is 36.5 Å².